The lowest BCUT2D eigenvalue weighted by Crippen LogP contribution is -2.39. The van der Waals surface area contributed by atoms with E-state index in [4.69, 9.17) is 18.4 Å². The normalized spacial score (nSPS) is 13.0. The van der Waals surface area contributed by atoms with Gasteiger partial charge < -0.3 is 19.0 Å². The van der Waals surface area contributed by atoms with E-state index in [-0.39, 0.29) is 23.1 Å². The summed E-state index contributed by atoms with van der Waals surface area (Å²) in [6, 6.07) is 6.51. The van der Waals surface area contributed by atoms with Crippen molar-refractivity contribution in [3.63, 3.8) is 0 Å². The maximum absolute atomic E-state index is 12.0. The molecule has 0 unspecified atom stereocenters. The van der Waals surface area contributed by atoms with E-state index in [2.05, 4.69) is 13.8 Å². The maximum atomic E-state index is 12.0. The average Bonchev–Trinajstić information content (AvgIpc) is 2.64. The molecule has 0 aliphatic carbocycles. The second kappa shape index (κ2) is 12.9. The van der Waals surface area contributed by atoms with Crippen LogP contribution in [0.1, 0.15) is 32.3 Å². The highest BCUT2D eigenvalue weighted by molar-refractivity contribution is 7.86. The Hall–Kier alpha value is -0.813. The van der Waals surface area contributed by atoms with E-state index in [1.807, 2.05) is 20.0 Å². The Morgan fingerprint density at radius 2 is 1.33 bits per heavy atom. The molecule has 9 heteroatoms. The molecule has 0 bridgehead atoms. The molecule has 0 aliphatic rings. The molecule has 0 atom stereocenters. The van der Waals surface area contributed by atoms with Gasteiger partial charge in [-0.2, -0.15) is 8.42 Å². The van der Waals surface area contributed by atoms with E-state index >= 15 is 0 Å². The van der Waals surface area contributed by atoms with Crippen LogP contribution in [0.3, 0.4) is 0 Å². The summed E-state index contributed by atoms with van der Waals surface area (Å²) in [6.07, 6.45) is 1.86. The first kappa shape index (κ1) is 27.2. The van der Waals surface area contributed by atoms with Crippen LogP contribution in [-0.4, -0.2) is 67.8 Å². The van der Waals surface area contributed by atoms with Crippen LogP contribution in [0.2, 0.25) is 18.1 Å². The molecule has 0 saturated heterocycles. The Bertz CT molecular complexity index is 697. The molecule has 1 rings (SSSR count). The van der Waals surface area contributed by atoms with Crippen molar-refractivity contribution < 1.29 is 31.6 Å². The van der Waals surface area contributed by atoms with E-state index in [9.17, 15) is 13.2 Å². The number of aryl methyl sites for hydroxylation is 1. The molecule has 0 heterocycles. The molecule has 30 heavy (non-hydrogen) atoms. The van der Waals surface area contributed by atoms with Gasteiger partial charge in [-0.15, -0.1) is 0 Å². The average molecular weight is 463 g/mol. The van der Waals surface area contributed by atoms with Crippen LogP contribution in [-0.2, 0) is 28.5 Å². The summed E-state index contributed by atoms with van der Waals surface area (Å²) < 4.78 is 45.3. The van der Waals surface area contributed by atoms with Crippen LogP contribution in [0.4, 0.5) is 0 Å². The van der Waals surface area contributed by atoms with Crippen LogP contribution >= 0.6 is 0 Å². The van der Waals surface area contributed by atoms with Crippen LogP contribution in [0.25, 0.3) is 0 Å². The fourth-order valence-electron chi connectivity index (χ4n) is 2.44. The van der Waals surface area contributed by atoms with E-state index < -0.39 is 18.4 Å². The van der Waals surface area contributed by atoms with Crippen molar-refractivity contribution in [2.45, 2.75) is 56.6 Å². The highest BCUT2D eigenvalue weighted by atomic mass is 32.2. The van der Waals surface area contributed by atoms with Gasteiger partial charge in [-0.1, -0.05) is 31.5 Å². The Morgan fingerprint density at radius 1 is 0.867 bits per heavy atom. The molecular formula is C21H38O7SSi. The van der Waals surface area contributed by atoms with E-state index in [0.29, 0.717) is 33.0 Å². The van der Waals surface area contributed by atoms with Gasteiger partial charge in [0.1, 0.15) is 0 Å². The highest BCUT2D eigenvalue weighted by Gasteiger charge is 2.37. The van der Waals surface area contributed by atoms with Gasteiger partial charge in [-0.3, -0.25) is 4.18 Å². The van der Waals surface area contributed by atoms with Crippen molar-refractivity contribution in [2.24, 2.45) is 0 Å². The molecule has 0 aliphatic heterocycles. The molecular weight excluding hydrogens is 424 g/mol. The zero-order valence-electron chi connectivity index (χ0n) is 19.0. The molecule has 0 fully saturated rings. The Labute approximate surface area is 182 Å². The van der Waals surface area contributed by atoms with Gasteiger partial charge in [0.15, 0.2) is 8.32 Å². The van der Waals surface area contributed by atoms with Gasteiger partial charge in [-0.05, 0) is 50.0 Å². The number of rotatable bonds is 16. The minimum absolute atomic E-state index is 0.0205. The van der Waals surface area contributed by atoms with Crippen molar-refractivity contribution in [2.75, 3.05) is 46.2 Å². The third-order valence-corrected chi connectivity index (χ3v) is 10.2. The number of hydrogen-bond donors (Lipinski definition) is 1. The SMILES string of the molecule is Cc1ccc(S(=O)(=O)OCCOCCOCCOCCCC(C)(C)[Si](C)(C)O)cc1. The summed E-state index contributed by atoms with van der Waals surface area (Å²) in [7, 11) is -5.90. The summed E-state index contributed by atoms with van der Waals surface area (Å²) in [5, 5.41) is -0.0205. The first-order valence-corrected chi connectivity index (χ1v) is 14.7. The van der Waals surface area contributed by atoms with Crippen LogP contribution in [0.15, 0.2) is 29.2 Å². The van der Waals surface area contributed by atoms with Crippen LogP contribution in [0.5, 0.6) is 0 Å². The van der Waals surface area contributed by atoms with E-state index in [0.717, 1.165) is 18.4 Å². The topological polar surface area (TPSA) is 91.3 Å². The second-order valence-electron chi connectivity index (χ2n) is 8.47. The number of ether oxygens (including phenoxy) is 3. The largest absolute Gasteiger partial charge is 0.432 e. The molecule has 1 aromatic rings. The van der Waals surface area contributed by atoms with Crippen molar-refractivity contribution in [3.8, 4) is 0 Å². The molecule has 0 aromatic heterocycles. The van der Waals surface area contributed by atoms with Crippen LogP contribution < -0.4 is 0 Å². The zero-order valence-corrected chi connectivity index (χ0v) is 20.8. The van der Waals surface area contributed by atoms with Gasteiger partial charge in [0.2, 0.25) is 0 Å². The van der Waals surface area contributed by atoms with Crippen molar-refractivity contribution in [1.82, 2.24) is 0 Å². The van der Waals surface area contributed by atoms with Crippen molar-refractivity contribution >= 4 is 18.4 Å². The maximum Gasteiger partial charge on any atom is 0.297 e. The predicted octanol–water partition coefficient (Wildman–Crippen LogP) is 3.51. The highest BCUT2D eigenvalue weighted by Crippen LogP contribution is 2.39. The summed E-state index contributed by atoms with van der Waals surface area (Å²) in [5.41, 5.74) is 0.985. The molecule has 0 spiro atoms. The molecule has 1 N–H and O–H groups in total. The van der Waals surface area contributed by atoms with Crippen molar-refractivity contribution in [3.05, 3.63) is 29.8 Å². The van der Waals surface area contributed by atoms with Crippen LogP contribution in [0, 0.1) is 6.92 Å². The molecule has 0 amide bonds. The quantitative estimate of drug-likeness (QED) is 0.228. The third kappa shape index (κ3) is 10.5. The van der Waals surface area contributed by atoms with Gasteiger partial charge in [-0.25, -0.2) is 0 Å². The fourth-order valence-corrected chi connectivity index (χ4v) is 4.12. The van der Waals surface area contributed by atoms with Crippen molar-refractivity contribution in [1.29, 1.82) is 0 Å². The van der Waals surface area contributed by atoms with E-state index in [1.54, 1.807) is 12.1 Å². The lowest BCUT2D eigenvalue weighted by Gasteiger charge is -2.35. The molecule has 0 radical (unpaired) electrons. The molecule has 1 aromatic carbocycles. The summed E-state index contributed by atoms with van der Waals surface area (Å²) >= 11 is 0. The standard InChI is InChI=1S/C21H38O7SSi/c1-19-7-9-20(10-8-19)29(22,23)28-18-17-27-16-15-26-14-13-25-12-6-11-21(2,3)30(4,5)24/h7-10,24H,6,11-18H2,1-5H3. The molecule has 0 saturated carbocycles. The third-order valence-electron chi connectivity index (χ3n) is 5.27. The first-order valence-electron chi connectivity index (χ1n) is 10.4. The Balaban J connectivity index is 1.97. The second-order valence-corrected chi connectivity index (χ2v) is 14.6. The van der Waals surface area contributed by atoms with Gasteiger partial charge in [0.05, 0.1) is 44.5 Å². The van der Waals surface area contributed by atoms with Gasteiger partial charge >= 0.3 is 0 Å². The lowest BCUT2D eigenvalue weighted by atomic mass is 10.1. The zero-order chi connectivity index (χ0) is 22.7. The Morgan fingerprint density at radius 3 is 1.83 bits per heavy atom. The van der Waals surface area contributed by atoms with Gasteiger partial charge in [0.25, 0.3) is 10.1 Å². The molecule has 7 nitrogen and oxygen atoms in total. The van der Waals surface area contributed by atoms with E-state index in [1.165, 1.54) is 12.1 Å². The minimum Gasteiger partial charge on any atom is -0.432 e. The summed E-state index contributed by atoms with van der Waals surface area (Å²) in [6.45, 7) is 12.6. The van der Waals surface area contributed by atoms with Gasteiger partial charge in [0, 0.05) is 6.61 Å². The lowest BCUT2D eigenvalue weighted by molar-refractivity contribution is 0.00889. The number of benzene rings is 1. The molecule has 174 valence electrons. The first-order chi connectivity index (χ1) is 14.0. The summed E-state index contributed by atoms with van der Waals surface area (Å²) in [4.78, 5) is 10.4. The monoisotopic (exact) mass is 462 g/mol. The predicted molar refractivity (Wildman–Crippen MR) is 120 cm³/mol. The minimum atomic E-state index is -3.75. The fraction of sp³-hybridized carbons (Fsp3) is 0.714. The summed E-state index contributed by atoms with van der Waals surface area (Å²) in [5.74, 6) is 0. The smallest absolute Gasteiger partial charge is 0.297 e. The number of hydrogen-bond acceptors (Lipinski definition) is 7. The Kier molecular flexibility index (Phi) is 11.7.